The minimum atomic E-state index is -0.613. The van der Waals surface area contributed by atoms with E-state index in [1.165, 1.54) is 18.2 Å². The van der Waals surface area contributed by atoms with Gasteiger partial charge in [-0.1, -0.05) is 25.4 Å². The lowest BCUT2D eigenvalue weighted by atomic mass is 10.2. The van der Waals surface area contributed by atoms with Gasteiger partial charge in [-0.2, -0.15) is 0 Å². The molecule has 0 atom stereocenters. The van der Waals surface area contributed by atoms with E-state index in [9.17, 15) is 9.18 Å². The monoisotopic (exact) mass is 364 g/mol. The lowest BCUT2D eigenvalue weighted by Crippen LogP contribution is -2.27. The predicted octanol–water partition coefficient (Wildman–Crippen LogP) is 4.45. The summed E-state index contributed by atoms with van der Waals surface area (Å²) in [5, 5.41) is 2.95. The fraction of sp³-hybridized carbons (Fsp3) is 0.316. The largest absolute Gasteiger partial charge is 0.492 e. The Balaban J connectivity index is 1.91. The van der Waals surface area contributed by atoms with Gasteiger partial charge in [0.1, 0.15) is 18.2 Å². The molecule has 0 heterocycles. The van der Waals surface area contributed by atoms with Crippen LogP contribution in [-0.4, -0.2) is 37.0 Å². The summed E-state index contributed by atoms with van der Waals surface area (Å²) >= 11 is 5.81. The second-order valence-corrected chi connectivity index (χ2v) is 5.91. The van der Waals surface area contributed by atoms with Crippen molar-refractivity contribution in [3.8, 4) is 5.75 Å². The SMILES string of the molecule is CCN(CC)CCOc1ccc(NC(=O)c2cc(Cl)ccc2F)cc1. The summed E-state index contributed by atoms with van der Waals surface area (Å²) in [5.74, 6) is -0.437. The molecule has 0 aliphatic heterocycles. The number of hydrogen-bond donors (Lipinski definition) is 1. The second kappa shape index (κ2) is 9.39. The van der Waals surface area contributed by atoms with E-state index >= 15 is 0 Å². The van der Waals surface area contributed by atoms with Crippen LogP contribution >= 0.6 is 11.6 Å². The van der Waals surface area contributed by atoms with Crippen molar-refractivity contribution < 1.29 is 13.9 Å². The highest BCUT2D eigenvalue weighted by Crippen LogP contribution is 2.19. The Morgan fingerprint density at radius 3 is 2.48 bits per heavy atom. The van der Waals surface area contributed by atoms with Crippen molar-refractivity contribution in [2.75, 3.05) is 31.6 Å². The average molecular weight is 365 g/mol. The second-order valence-electron chi connectivity index (χ2n) is 5.48. The summed E-state index contributed by atoms with van der Waals surface area (Å²) in [6.07, 6.45) is 0. The van der Waals surface area contributed by atoms with Gasteiger partial charge in [0.2, 0.25) is 0 Å². The molecule has 1 amide bonds. The van der Waals surface area contributed by atoms with Gasteiger partial charge in [0.15, 0.2) is 0 Å². The highest BCUT2D eigenvalue weighted by Gasteiger charge is 2.12. The van der Waals surface area contributed by atoms with Crippen LogP contribution in [0.3, 0.4) is 0 Å². The van der Waals surface area contributed by atoms with E-state index in [4.69, 9.17) is 16.3 Å². The normalized spacial score (nSPS) is 10.8. The predicted molar refractivity (Wildman–Crippen MR) is 99.1 cm³/mol. The summed E-state index contributed by atoms with van der Waals surface area (Å²) in [5.41, 5.74) is 0.465. The van der Waals surface area contributed by atoms with Crippen LogP contribution in [0.2, 0.25) is 5.02 Å². The van der Waals surface area contributed by atoms with Crippen LogP contribution in [0, 0.1) is 5.82 Å². The van der Waals surface area contributed by atoms with Crippen molar-refractivity contribution in [3.63, 3.8) is 0 Å². The Labute approximate surface area is 152 Å². The Bertz CT molecular complexity index is 703. The summed E-state index contributed by atoms with van der Waals surface area (Å²) < 4.78 is 19.4. The molecule has 0 saturated carbocycles. The Morgan fingerprint density at radius 1 is 1.16 bits per heavy atom. The number of carbonyl (C=O) groups excluding carboxylic acids is 1. The van der Waals surface area contributed by atoms with E-state index in [0.717, 1.165) is 25.4 Å². The highest BCUT2D eigenvalue weighted by atomic mass is 35.5. The van der Waals surface area contributed by atoms with E-state index in [1.54, 1.807) is 24.3 Å². The molecule has 6 heteroatoms. The third-order valence-corrected chi connectivity index (χ3v) is 4.09. The molecule has 4 nitrogen and oxygen atoms in total. The fourth-order valence-electron chi connectivity index (χ4n) is 2.34. The van der Waals surface area contributed by atoms with Crippen LogP contribution in [0.1, 0.15) is 24.2 Å². The number of nitrogens with one attached hydrogen (secondary N) is 1. The van der Waals surface area contributed by atoms with Crippen molar-refractivity contribution in [3.05, 3.63) is 58.9 Å². The maximum absolute atomic E-state index is 13.7. The Hall–Kier alpha value is -2.11. The van der Waals surface area contributed by atoms with Gasteiger partial charge in [0, 0.05) is 17.3 Å². The molecule has 0 saturated heterocycles. The van der Waals surface area contributed by atoms with E-state index in [0.29, 0.717) is 17.3 Å². The number of ether oxygens (including phenoxy) is 1. The lowest BCUT2D eigenvalue weighted by Gasteiger charge is -2.18. The number of rotatable bonds is 8. The third-order valence-electron chi connectivity index (χ3n) is 3.86. The van der Waals surface area contributed by atoms with Gasteiger partial charge in [0.25, 0.3) is 5.91 Å². The minimum absolute atomic E-state index is 0.0907. The van der Waals surface area contributed by atoms with Gasteiger partial charge in [-0.3, -0.25) is 4.79 Å². The van der Waals surface area contributed by atoms with E-state index in [-0.39, 0.29) is 5.56 Å². The van der Waals surface area contributed by atoms with Gasteiger partial charge in [0.05, 0.1) is 5.56 Å². The molecule has 2 aromatic rings. The van der Waals surface area contributed by atoms with Crippen molar-refractivity contribution >= 4 is 23.2 Å². The molecule has 0 aliphatic rings. The van der Waals surface area contributed by atoms with Crippen LogP contribution in [0.25, 0.3) is 0 Å². The van der Waals surface area contributed by atoms with Crippen LogP contribution in [0.4, 0.5) is 10.1 Å². The van der Waals surface area contributed by atoms with Gasteiger partial charge in [-0.05, 0) is 55.6 Å². The van der Waals surface area contributed by atoms with E-state index < -0.39 is 11.7 Å². The molecular weight excluding hydrogens is 343 g/mol. The molecule has 0 aromatic heterocycles. The van der Waals surface area contributed by atoms with Crippen LogP contribution in [0.15, 0.2) is 42.5 Å². The van der Waals surface area contributed by atoms with Gasteiger partial charge >= 0.3 is 0 Å². The number of nitrogens with zero attached hydrogens (tertiary/aromatic N) is 1. The summed E-state index contributed by atoms with van der Waals surface area (Å²) in [7, 11) is 0. The molecule has 1 N–H and O–H groups in total. The lowest BCUT2D eigenvalue weighted by molar-refractivity contribution is 0.102. The number of carbonyl (C=O) groups is 1. The van der Waals surface area contributed by atoms with Crippen LogP contribution < -0.4 is 10.1 Å². The number of benzene rings is 2. The van der Waals surface area contributed by atoms with E-state index in [2.05, 4.69) is 24.1 Å². The van der Waals surface area contributed by atoms with Gasteiger partial charge in [-0.15, -0.1) is 0 Å². The molecule has 0 aliphatic carbocycles. The van der Waals surface area contributed by atoms with Crippen molar-refractivity contribution in [2.24, 2.45) is 0 Å². The number of halogens is 2. The molecule has 0 spiro atoms. The van der Waals surface area contributed by atoms with Crippen molar-refractivity contribution in [1.29, 1.82) is 0 Å². The minimum Gasteiger partial charge on any atom is -0.492 e. The van der Waals surface area contributed by atoms with Crippen LogP contribution in [0.5, 0.6) is 5.75 Å². The molecule has 0 unspecified atom stereocenters. The summed E-state index contributed by atoms with van der Waals surface area (Å²) in [4.78, 5) is 14.4. The first kappa shape index (κ1) is 19.2. The number of hydrogen-bond acceptors (Lipinski definition) is 3. The molecule has 0 fully saturated rings. The fourth-order valence-corrected chi connectivity index (χ4v) is 2.51. The van der Waals surface area contributed by atoms with Crippen LogP contribution in [-0.2, 0) is 0 Å². The zero-order valence-corrected chi connectivity index (χ0v) is 15.1. The highest BCUT2D eigenvalue weighted by molar-refractivity contribution is 6.31. The Kier molecular flexibility index (Phi) is 7.22. The number of likely N-dealkylation sites (N-methyl/N-ethyl adjacent to an activating group) is 1. The molecule has 0 bridgehead atoms. The van der Waals surface area contributed by atoms with Crippen molar-refractivity contribution in [2.45, 2.75) is 13.8 Å². The average Bonchev–Trinajstić information content (AvgIpc) is 2.62. The maximum Gasteiger partial charge on any atom is 0.258 e. The first-order valence-corrected chi connectivity index (χ1v) is 8.63. The molecule has 134 valence electrons. The molecular formula is C19H22ClFN2O2. The zero-order valence-electron chi connectivity index (χ0n) is 14.4. The molecule has 25 heavy (non-hydrogen) atoms. The maximum atomic E-state index is 13.7. The van der Waals surface area contributed by atoms with Gasteiger partial charge in [-0.25, -0.2) is 4.39 Å². The Morgan fingerprint density at radius 2 is 1.84 bits per heavy atom. The third kappa shape index (κ3) is 5.73. The smallest absolute Gasteiger partial charge is 0.258 e. The first-order chi connectivity index (χ1) is 12.0. The quantitative estimate of drug-likeness (QED) is 0.752. The summed E-state index contributed by atoms with van der Waals surface area (Å²) in [6, 6.07) is 10.8. The molecule has 2 rings (SSSR count). The number of amides is 1. The molecule has 0 radical (unpaired) electrons. The first-order valence-electron chi connectivity index (χ1n) is 8.25. The van der Waals surface area contributed by atoms with Gasteiger partial charge < -0.3 is 15.0 Å². The number of anilines is 1. The topological polar surface area (TPSA) is 41.6 Å². The zero-order chi connectivity index (χ0) is 18.2. The molecule has 2 aromatic carbocycles. The van der Waals surface area contributed by atoms with E-state index in [1.807, 2.05) is 0 Å². The summed E-state index contributed by atoms with van der Waals surface area (Å²) in [6.45, 7) is 7.67. The van der Waals surface area contributed by atoms with Crippen molar-refractivity contribution in [1.82, 2.24) is 4.90 Å². The standard InChI is InChI=1S/C19H22ClFN2O2/c1-3-23(4-2)11-12-25-16-8-6-15(7-9-16)22-19(24)17-13-14(20)5-10-18(17)21/h5-10,13H,3-4,11-12H2,1-2H3,(H,22,24).